The van der Waals surface area contributed by atoms with Gasteiger partial charge in [-0.15, -0.1) is 0 Å². The van der Waals surface area contributed by atoms with E-state index >= 15 is 0 Å². The molecule has 1 heterocycles. The number of rotatable bonds is 8. The van der Waals surface area contributed by atoms with Crippen molar-refractivity contribution in [3.8, 4) is 0 Å². The maximum atomic E-state index is 13.1. The molecule has 1 N–H and O–H groups in total. The van der Waals surface area contributed by atoms with Gasteiger partial charge in [-0.3, -0.25) is 4.79 Å². The van der Waals surface area contributed by atoms with Crippen molar-refractivity contribution in [1.29, 1.82) is 0 Å². The summed E-state index contributed by atoms with van der Waals surface area (Å²) in [6.45, 7) is 25.7. The van der Waals surface area contributed by atoms with Gasteiger partial charge in [0.05, 0.1) is 0 Å². The van der Waals surface area contributed by atoms with Gasteiger partial charge in [0.2, 0.25) is 0 Å². The van der Waals surface area contributed by atoms with Crippen LogP contribution in [-0.2, 0) is 6.42 Å². The number of nitrogens with one attached hydrogen (secondary N) is 1. The van der Waals surface area contributed by atoms with E-state index in [0.29, 0.717) is 0 Å². The van der Waals surface area contributed by atoms with E-state index in [0.717, 1.165) is 60.0 Å². The molecule has 2 aromatic carbocycles. The number of anilines is 1. The normalized spacial score (nSPS) is 12.1. The average molecular weight is 528 g/mol. The van der Waals surface area contributed by atoms with Crippen molar-refractivity contribution in [3.05, 3.63) is 71.4 Å². The van der Waals surface area contributed by atoms with Gasteiger partial charge < -0.3 is 14.5 Å². The van der Waals surface area contributed by atoms with E-state index < -0.39 is 0 Å². The van der Waals surface area contributed by atoms with Crippen LogP contribution in [0.3, 0.4) is 0 Å². The summed E-state index contributed by atoms with van der Waals surface area (Å²) in [6, 6.07) is 14.7. The molecule has 208 valence electrons. The minimum Gasteiger partial charge on any atom is -0.372 e. The number of amides is 1. The number of carbonyl (C=O) groups excluding carboxylic acids is 1. The summed E-state index contributed by atoms with van der Waals surface area (Å²) in [5, 5.41) is 0. The molecule has 4 nitrogen and oxygen atoms in total. The van der Waals surface area contributed by atoms with Crippen LogP contribution in [0.1, 0.15) is 96.1 Å². The third-order valence-electron chi connectivity index (χ3n) is 5.61. The molecule has 1 aliphatic rings. The highest BCUT2D eigenvalue weighted by Crippen LogP contribution is 2.25. The number of piperazine rings is 1. The molecule has 0 atom stereocenters. The second-order valence-corrected chi connectivity index (χ2v) is 9.58. The fraction of sp³-hybridized carbons (Fsp3) is 0.531. The van der Waals surface area contributed by atoms with E-state index in [1.807, 2.05) is 58.6 Å². The molecule has 0 saturated carbocycles. The predicted molar refractivity (Wildman–Crippen MR) is 167 cm³/mol. The number of unbranched alkanes of at least 4 members (excludes halogenated alkanes) is 1. The Bertz CT molecular complexity index is 887. The van der Waals surface area contributed by atoms with E-state index in [9.17, 15) is 4.79 Å². The Labute approximate surface area is 233 Å². The minimum absolute atomic E-state index is 0.122. The maximum Gasteiger partial charge on any atom is 0.254 e. The van der Waals surface area contributed by atoms with Gasteiger partial charge in [-0.1, -0.05) is 86.1 Å². The summed E-state index contributed by atoms with van der Waals surface area (Å²) in [6.07, 6.45) is 4.83. The highest BCUT2D eigenvalue weighted by molar-refractivity contribution is 8.00. The molecular weight excluding hydrogens is 474 g/mol. The monoisotopic (exact) mass is 527 g/mol. The van der Waals surface area contributed by atoms with Crippen LogP contribution in [0.25, 0.3) is 0 Å². The van der Waals surface area contributed by atoms with Crippen LogP contribution < -0.4 is 4.72 Å². The maximum absolute atomic E-state index is 13.1. The van der Waals surface area contributed by atoms with E-state index in [4.69, 9.17) is 0 Å². The Hall–Kier alpha value is -2.40. The smallest absolute Gasteiger partial charge is 0.254 e. The summed E-state index contributed by atoms with van der Waals surface area (Å²) >= 11 is 1.55. The number of nitrogens with zero attached hydrogens (tertiary/aromatic N) is 2. The fourth-order valence-corrected chi connectivity index (χ4v) is 4.28. The summed E-state index contributed by atoms with van der Waals surface area (Å²) < 4.78 is 3.40. The Morgan fingerprint density at radius 1 is 0.919 bits per heavy atom. The second kappa shape index (κ2) is 20.6. The molecule has 1 fully saturated rings. The van der Waals surface area contributed by atoms with Crippen LogP contribution in [0.15, 0.2) is 59.6 Å². The number of hydrogen-bond donors (Lipinski definition) is 1. The molecule has 5 heteroatoms. The molecule has 3 rings (SSSR count). The van der Waals surface area contributed by atoms with Crippen LogP contribution in [0.4, 0.5) is 5.69 Å². The highest BCUT2D eigenvalue weighted by Gasteiger charge is 2.23. The van der Waals surface area contributed by atoms with E-state index in [1.165, 1.54) is 24.8 Å². The largest absolute Gasteiger partial charge is 0.372 e. The Morgan fingerprint density at radius 3 is 1.97 bits per heavy atom. The summed E-state index contributed by atoms with van der Waals surface area (Å²) in [7, 11) is 0. The van der Waals surface area contributed by atoms with Gasteiger partial charge in [0.25, 0.3) is 5.91 Å². The first kappa shape index (κ1) is 34.6. The molecule has 0 aromatic heterocycles. The zero-order valence-electron chi connectivity index (χ0n) is 25.1. The average Bonchev–Trinajstić information content (AvgIpc) is 2.94. The van der Waals surface area contributed by atoms with Crippen molar-refractivity contribution >= 4 is 23.5 Å². The van der Waals surface area contributed by atoms with E-state index in [-0.39, 0.29) is 5.91 Å². The Morgan fingerprint density at radius 2 is 1.46 bits per heavy atom. The number of allylic oxidation sites excluding steroid dienone is 1. The van der Waals surface area contributed by atoms with Crippen molar-refractivity contribution in [2.24, 2.45) is 0 Å². The Balaban J connectivity index is 0.00000169. The first-order valence-electron chi connectivity index (χ1n) is 14.2. The number of benzene rings is 2. The molecule has 0 bridgehead atoms. The molecule has 0 spiro atoms. The third-order valence-corrected chi connectivity index (χ3v) is 6.43. The Kier molecular flexibility index (Phi) is 19.3. The molecular formula is C32H53N3OS. The van der Waals surface area contributed by atoms with Crippen LogP contribution in [0.5, 0.6) is 0 Å². The van der Waals surface area contributed by atoms with Crippen LogP contribution >= 0.6 is 11.9 Å². The standard InChI is InChI=1S/C25H33N3OS.C3H8.2C2H6/c1-5-6-7-21-9-11-22(12-10-21)26-30-23-13-8-20(4)24(18-23)25(29)28-16-14-27(15-17-28)19(2)3;1-3-2;2*1-2/h8-13,18,26H,2,5-7,14-17H2,1,3-4H3;3H2,1-2H3;2*1-2H3. The molecule has 1 aliphatic heterocycles. The number of hydrogen-bond acceptors (Lipinski definition) is 4. The first-order chi connectivity index (χ1) is 17.9. The zero-order valence-corrected chi connectivity index (χ0v) is 25.9. The highest BCUT2D eigenvalue weighted by atomic mass is 32.2. The molecule has 37 heavy (non-hydrogen) atoms. The summed E-state index contributed by atoms with van der Waals surface area (Å²) in [5.41, 5.74) is 5.33. The van der Waals surface area contributed by atoms with Gasteiger partial charge >= 0.3 is 0 Å². The molecule has 0 radical (unpaired) electrons. The molecule has 1 amide bonds. The zero-order chi connectivity index (χ0) is 28.2. The van der Waals surface area contributed by atoms with Gasteiger partial charge in [0.15, 0.2) is 0 Å². The van der Waals surface area contributed by atoms with Crippen LogP contribution in [-0.4, -0.2) is 41.9 Å². The quantitative estimate of drug-likeness (QED) is 0.347. The van der Waals surface area contributed by atoms with Crippen LogP contribution in [0, 0.1) is 6.92 Å². The number of aryl methyl sites for hydroxylation is 2. The van der Waals surface area contributed by atoms with Crippen LogP contribution in [0.2, 0.25) is 0 Å². The number of carbonyl (C=O) groups is 1. The lowest BCUT2D eigenvalue weighted by Gasteiger charge is -2.36. The molecule has 2 aromatic rings. The van der Waals surface area contributed by atoms with Gasteiger partial charge in [-0.2, -0.15) is 0 Å². The minimum atomic E-state index is 0.122. The SMILES string of the molecule is C=C(C)N1CCN(C(=O)c2cc(SNc3ccc(CCCC)cc3)ccc2C)CC1.CC.CC.CCC. The molecule has 0 aliphatic carbocycles. The lowest BCUT2D eigenvalue weighted by molar-refractivity contribution is 0.0669. The topological polar surface area (TPSA) is 35.6 Å². The molecule has 0 unspecified atom stereocenters. The van der Waals surface area contributed by atoms with Gasteiger partial charge in [-0.25, -0.2) is 0 Å². The fourth-order valence-electron chi connectivity index (χ4n) is 3.59. The van der Waals surface area contributed by atoms with E-state index in [2.05, 4.69) is 67.3 Å². The van der Waals surface area contributed by atoms with Gasteiger partial charge in [0, 0.05) is 48.0 Å². The lowest BCUT2D eigenvalue weighted by atomic mass is 10.1. The van der Waals surface area contributed by atoms with Gasteiger partial charge in [-0.05, 0) is 74.0 Å². The van der Waals surface area contributed by atoms with Crippen molar-refractivity contribution in [1.82, 2.24) is 9.80 Å². The first-order valence-corrected chi connectivity index (χ1v) is 15.0. The third kappa shape index (κ3) is 12.6. The van der Waals surface area contributed by atoms with Crippen molar-refractivity contribution in [2.75, 3.05) is 30.9 Å². The van der Waals surface area contributed by atoms with Crippen molar-refractivity contribution in [3.63, 3.8) is 0 Å². The van der Waals surface area contributed by atoms with Crippen molar-refractivity contribution in [2.45, 2.75) is 92.9 Å². The lowest BCUT2D eigenvalue weighted by Crippen LogP contribution is -2.47. The predicted octanol–water partition coefficient (Wildman–Crippen LogP) is 9.22. The van der Waals surface area contributed by atoms with E-state index in [1.54, 1.807) is 11.9 Å². The molecule has 1 saturated heterocycles. The summed E-state index contributed by atoms with van der Waals surface area (Å²) in [4.78, 5) is 18.3. The van der Waals surface area contributed by atoms with Gasteiger partial charge in [0.1, 0.15) is 0 Å². The summed E-state index contributed by atoms with van der Waals surface area (Å²) in [5.74, 6) is 0.122. The van der Waals surface area contributed by atoms with Crippen molar-refractivity contribution < 1.29 is 4.79 Å². The second-order valence-electron chi connectivity index (χ2n) is 8.70.